The third kappa shape index (κ3) is 5.61. The van der Waals surface area contributed by atoms with Gasteiger partial charge in [0.1, 0.15) is 17.1 Å². The van der Waals surface area contributed by atoms with Crippen LogP contribution in [0.25, 0.3) is 17.1 Å². The zero-order chi connectivity index (χ0) is 28.3. The molecule has 0 saturated carbocycles. The summed E-state index contributed by atoms with van der Waals surface area (Å²) in [5.74, 6) is 0.821. The van der Waals surface area contributed by atoms with E-state index in [0.29, 0.717) is 41.3 Å². The predicted molar refractivity (Wildman–Crippen MR) is 152 cm³/mol. The van der Waals surface area contributed by atoms with Crippen LogP contribution in [0.1, 0.15) is 49.3 Å². The zero-order valence-corrected chi connectivity index (χ0v) is 23.3. The monoisotopic (exact) mass is 561 g/mol. The topological polar surface area (TPSA) is 138 Å². The number of rotatable bonds is 9. The summed E-state index contributed by atoms with van der Waals surface area (Å²) < 4.78 is 34.6. The number of aryl methyl sites for hydroxylation is 1. The van der Waals surface area contributed by atoms with Gasteiger partial charge in [-0.15, -0.1) is 0 Å². The maximum atomic E-state index is 13.7. The van der Waals surface area contributed by atoms with Crippen LogP contribution in [0.4, 0.5) is 0 Å². The first-order valence-corrected chi connectivity index (χ1v) is 14.7. The van der Waals surface area contributed by atoms with Gasteiger partial charge in [0.05, 0.1) is 17.2 Å². The van der Waals surface area contributed by atoms with E-state index in [1.165, 1.54) is 10.4 Å². The lowest BCUT2D eigenvalue weighted by Gasteiger charge is -2.27. The summed E-state index contributed by atoms with van der Waals surface area (Å²) in [6.45, 7) is 4.34. The third-order valence-corrected chi connectivity index (χ3v) is 8.63. The molecule has 10 nitrogen and oxygen atoms in total. The largest absolute Gasteiger partial charge is 0.494 e. The van der Waals surface area contributed by atoms with Crippen molar-refractivity contribution in [2.75, 3.05) is 19.7 Å². The van der Waals surface area contributed by atoms with E-state index in [-0.39, 0.29) is 47.7 Å². The van der Waals surface area contributed by atoms with Crippen molar-refractivity contribution in [1.29, 1.82) is 0 Å². The molecule has 0 unspecified atom stereocenters. The van der Waals surface area contributed by atoms with Crippen molar-refractivity contribution in [3.8, 4) is 5.75 Å². The number of nitrogens with zero attached hydrogens (tertiary/aromatic N) is 3. The number of benzene rings is 2. The molecule has 0 radical (unpaired) electrons. The van der Waals surface area contributed by atoms with Gasteiger partial charge >= 0.3 is 0 Å². The van der Waals surface area contributed by atoms with Crippen LogP contribution in [0.5, 0.6) is 5.75 Å². The van der Waals surface area contributed by atoms with Gasteiger partial charge in [-0.2, -0.15) is 9.40 Å². The number of piperidine rings is 1. The van der Waals surface area contributed by atoms with Crippen LogP contribution in [-0.2, 0) is 27.7 Å². The molecule has 0 atom stereocenters. The van der Waals surface area contributed by atoms with E-state index >= 15 is 0 Å². The molecule has 0 spiro atoms. The van der Waals surface area contributed by atoms with E-state index < -0.39 is 10.0 Å². The van der Waals surface area contributed by atoms with Crippen molar-refractivity contribution in [2.45, 2.75) is 44.4 Å². The maximum Gasteiger partial charge on any atom is 0.279 e. The molecule has 0 aliphatic carbocycles. The smallest absolute Gasteiger partial charge is 0.279 e. The molecule has 1 aliphatic heterocycles. The summed E-state index contributed by atoms with van der Waals surface area (Å²) in [6.07, 6.45) is 3.56. The molecule has 208 valence electrons. The Hall–Kier alpha value is -4.09. The minimum atomic E-state index is -3.93. The molecule has 1 fully saturated rings. The van der Waals surface area contributed by atoms with Gasteiger partial charge in [0, 0.05) is 37.1 Å². The molecule has 40 heavy (non-hydrogen) atoms. The zero-order valence-electron chi connectivity index (χ0n) is 22.4. The van der Waals surface area contributed by atoms with Gasteiger partial charge < -0.3 is 9.72 Å². The van der Waals surface area contributed by atoms with Crippen LogP contribution in [0.15, 0.2) is 63.8 Å². The maximum absolute atomic E-state index is 13.7. The SMILES string of the molecule is CCCc1[nH]nc2c(=O)[nH]c(Cc3cc(S(=O)(=O)N4CCC(=O)/C(=C/c5ccccc5)C4)ccc3OCC)nc12. The van der Waals surface area contributed by atoms with Gasteiger partial charge in [0.2, 0.25) is 10.0 Å². The molecule has 2 aromatic carbocycles. The van der Waals surface area contributed by atoms with Crippen LogP contribution in [0.2, 0.25) is 0 Å². The lowest BCUT2D eigenvalue weighted by atomic mass is 10.0. The molecule has 1 aliphatic rings. The molecule has 5 rings (SSSR count). The minimum Gasteiger partial charge on any atom is -0.494 e. The summed E-state index contributed by atoms with van der Waals surface area (Å²) in [4.78, 5) is 32.8. The summed E-state index contributed by atoms with van der Waals surface area (Å²) in [5.41, 5.74) is 3.03. The number of H-pyrrole nitrogens is 2. The van der Waals surface area contributed by atoms with Crippen LogP contribution in [0, 0.1) is 0 Å². The van der Waals surface area contributed by atoms with Gasteiger partial charge in [-0.25, -0.2) is 13.4 Å². The van der Waals surface area contributed by atoms with E-state index in [1.54, 1.807) is 18.2 Å². The quantitative estimate of drug-likeness (QED) is 0.298. The molecule has 11 heteroatoms. The predicted octanol–water partition coefficient (Wildman–Crippen LogP) is 3.64. The average Bonchev–Trinajstić information content (AvgIpc) is 3.35. The molecule has 0 amide bonds. The van der Waals surface area contributed by atoms with Crippen molar-refractivity contribution in [3.63, 3.8) is 0 Å². The molecule has 4 aromatic rings. The van der Waals surface area contributed by atoms with Gasteiger partial charge in [-0.1, -0.05) is 43.7 Å². The number of sulfonamides is 1. The van der Waals surface area contributed by atoms with E-state index in [0.717, 1.165) is 17.7 Å². The Labute approximate surface area is 232 Å². The number of hydrogen-bond acceptors (Lipinski definition) is 7. The second-order valence-corrected chi connectivity index (χ2v) is 11.6. The van der Waals surface area contributed by atoms with E-state index in [1.807, 2.05) is 44.2 Å². The van der Waals surface area contributed by atoms with Crippen molar-refractivity contribution in [2.24, 2.45) is 0 Å². The van der Waals surface area contributed by atoms with Crippen molar-refractivity contribution >= 4 is 32.9 Å². The Balaban J connectivity index is 1.48. The number of aromatic amines is 2. The highest BCUT2D eigenvalue weighted by atomic mass is 32.2. The van der Waals surface area contributed by atoms with Crippen LogP contribution in [0.3, 0.4) is 0 Å². The normalized spacial score (nSPS) is 15.7. The van der Waals surface area contributed by atoms with E-state index in [2.05, 4.69) is 20.2 Å². The number of nitrogens with one attached hydrogen (secondary N) is 2. The fourth-order valence-corrected chi connectivity index (χ4v) is 6.29. The van der Waals surface area contributed by atoms with Crippen molar-refractivity contribution in [3.05, 3.63) is 87.1 Å². The van der Waals surface area contributed by atoms with Crippen molar-refractivity contribution < 1.29 is 17.9 Å². The first kappa shape index (κ1) is 27.5. The number of aromatic nitrogens is 4. The second kappa shape index (κ2) is 11.6. The van der Waals surface area contributed by atoms with Gasteiger partial charge in [0.15, 0.2) is 11.3 Å². The number of hydrogen-bond donors (Lipinski definition) is 2. The van der Waals surface area contributed by atoms with Crippen molar-refractivity contribution in [1.82, 2.24) is 24.5 Å². The van der Waals surface area contributed by atoms with Gasteiger partial charge in [0.25, 0.3) is 5.56 Å². The lowest BCUT2D eigenvalue weighted by molar-refractivity contribution is -0.116. The average molecular weight is 562 g/mol. The van der Waals surface area contributed by atoms with Crippen LogP contribution in [-0.4, -0.2) is 58.4 Å². The molecule has 0 bridgehead atoms. The highest BCUT2D eigenvalue weighted by Gasteiger charge is 2.32. The molecule has 3 heterocycles. The highest BCUT2D eigenvalue weighted by molar-refractivity contribution is 7.89. The standard InChI is InChI=1S/C29H31N5O5S/c1-3-8-23-27-28(33-32-23)29(36)31-26(30-27)17-20-16-22(11-12-25(20)39-4-2)40(37,38)34-14-13-24(35)21(18-34)15-19-9-6-5-7-10-19/h5-7,9-12,15-16H,3-4,8,13-14,17-18H2,1-2H3,(H,32,33)(H,30,31,36)/b21-15+. The van der Waals surface area contributed by atoms with Crippen LogP contribution >= 0.6 is 0 Å². The Morgan fingerprint density at radius 1 is 1.07 bits per heavy atom. The number of carbonyl (C=O) groups excluding carboxylic acids is 1. The minimum absolute atomic E-state index is 0.00908. The molecule has 2 aromatic heterocycles. The number of carbonyl (C=O) groups is 1. The number of Topliss-reactive ketones (excluding diaryl/α,β-unsaturated/α-hetero) is 1. The number of ketones is 1. The van der Waals surface area contributed by atoms with Gasteiger partial charge in [-0.05, 0) is 43.2 Å². The summed E-state index contributed by atoms with van der Waals surface area (Å²) >= 11 is 0. The molecule has 1 saturated heterocycles. The summed E-state index contributed by atoms with van der Waals surface area (Å²) in [7, 11) is -3.93. The molecule has 2 N–H and O–H groups in total. The van der Waals surface area contributed by atoms with Crippen LogP contribution < -0.4 is 10.3 Å². The van der Waals surface area contributed by atoms with Gasteiger partial charge in [-0.3, -0.25) is 14.7 Å². The molecular weight excluding hydrogens is 530 g/mol. The fourth-order valence-electron chi connectivity index (χ4n) is 4.82. The van der Waals surface area contributed by atoms with E-state index in [4.69, 9.17) is 4.74 Å². The third-order valence-electron chi connectivity index (χ3n) is 6.79. The Morgan fingerprint density at radius 3 is 2.62 bits per heavy atom. The Morgan fingerprint density at radius 2 is 1.88 bits per heavy atom. The summed E-state index contributed by atoms with van der Waals surface area (Å²) in [5, 5.41) is 6.99. The Bertz CT molecular complexity index is 1740. The number of fused-ring (bicyclic) bond motifs is 1. The fraction of sp³-hybridized carbons (Fsp3) is 0.310. The Kier molecular flexibility index (Phi) is 7.95. The highest BCUT2D eigenvalue weighted by Crippen LogP contribution is 2.29. The molecular formula is C29H31N5O5S. The first-order valence-electron chi connectivity index (χ1n) is 13.3. The first-order chi connectivity index (χ1) is 19.3. The number of ether oxygens (including phenoxy) is 1. The summed E-state index contributed by atoms with van der Waals surface area (Å²) in [6, 6.07) is 14.1. The lowest BCUT2D eigenvalue weighted by Crippen LogP contribution is -2.40. The second-order valence-electron chi connectivity index (χ2n) is 9.63. The van der Waals surface area contributed by atoms with E-state index in [9.17, 15) is 18.0 Å².